The quantitative estimate of drug-likeness (QED) is 0.393. The Balaban J connectivity index is 1.33. The van der Waals surface area contributed by atoms with E-state index in [0.717, 1.165) is 37.9 Å². The van der Waals surface area contributed by atoms with Crippen LogP contribution in [0.25, 0.3) is 0 Å². The fraction of sp³-hybridized carbons (Fsp3) is 0.379. The topological polar surface area (TPSA) is 53.1 Å². The van der Waals surface area contributed by atoms with Gasteiger partial charge in [-0.2, -0.15) is 0 Å². The van der Waals surface area contributed by atoms with Crippen LogP contribution in [0, 0.1) is 11.6 Å². The summed E-state index contributed by atoms with van der Waals surface area (Å²) < 4.78 is 33.2. The van der Waals surface area contributed by atoms with Gasteiger partial charge in [-0.25, -0.2) is 8.78 Å². The molecule has 2 amide bonds. The van der Waals surface area contributed by atoms with E-state index in [4.69, 9.17) is 4.74 Å². The Hall–Kier alpha value is -3.30. The minimum atomic E-state index is -0.485. The van der Waals surface area contributed by atoms with Gasteiger partial charge in [-0.15, -0.1) is 11.3 Å². The zero-order chi connectivity index (χ0) is 26.5. The molecule has 0 saturated carbocycles. The first-order valence-electron chi connectivity index (χ1n) is 13.0. The average Bonchev–Trinajstić information content (AvgIpc) is 3.62. The van der Waals surface area contributed by atoms with Crippen molar-refractivity contribution in [3.63, 3.8) is 0 Å². The molecule has 9 heteroatoms. The van der Waals surface area contributed by atoms with E-state index < -0.39 is 5.82 Å². The van der Waals surface area contributed by atoms with E-state index >= 15 is 0 Å². The molecular formula is C29H31F2N3O3S. The lowest BCUT2D eigenvalue weighted by molar-refractivity contribution is -0.135. The third kappa shape index (κ3) is 6.22. The van der Waals surface area contributed by atoms with E-state index in [1.807, 2.05) is 11.4 Å². The molecule has 0 unspecified atom stereocenters. The van der Waals surface area contributed by atoms with Gasteiger partial charge in [0, 0.05) is 30.1 Å². The third-order valence-electron chi connectivity index (χ3n) is 7.21. The van der Waals surface area contributed by atoms with Crippen molar-refractivity contribution in [2.24, 2.45) is 0 Å². The monoisotopic (exact) mass is 539 g/mol. The van der Waals surface area contributed by atoms with E-state index in [0.29, 0.717) is 25.4 Å². The molecule has 1 fully saturated rings. The molecule has 1 atom stereocenters. The second-order valence-electron chi connectivity index (χ2n) is 9.70. The molecule has 200 valence electrons. The number of rotatable bonds is 9. The molecule has 2 aromatic carbocycles. The summed E-state index contributed by atoms with van der Waals surface area (Å²) in [5, 5.41) is 2.01. The van der Waals surface area contributed by atoms with Crippen LogP contribution in [0.3, 0.4) is 0 Å². The number of carbonyl (C=O) groups is 2. The summed E-state index contributed by atoms with van der Waals surface area (Å²) in [4.78, 5) is 34.0. The molecule has 2 aliphatic rings. The molecule has 0 aliphatic carbocycles. The third-order valence-corrected chi connectivity index (χ3v) is 8.20. The number of benzene rings is 2. The van der Waals surface area contributed by atoms with Crippen LogP contribution in [0.15, 0.2) is 60.0 Å². The maximum Gasteiger partial charge on any atom is 0.254 e. The summed E-state index contributed by atoms with van der Waals surface area (Å²) in [5.41, 5.74) is 1.27. The second kappa shape index (κ2) is 12.0. The lowest BCUT2D eigenvalue weighted by Crippen LogP contribution is -2.49. The van der Waals surface area contributed by atoms with E-state index in [2.05, 4.69) is 4.90 Å². The molecule has 0 N–H and O–H groups in total. The number of nitrogens with zero attached hydrogens (tertiary/aromatic N) is 3. The van der Waals surface area contributed by atoms with Crippen LogP contribution >= 0.6 is 11.3 Å². The van der Waals surface area contributed by atoms with Crippen molar-refractivity contribution < 1.29 is 23.1 Å². The molecule has 0 bridgehead atoms. The lowest BCUT2D eigenvalue weighted by atomic mass is 10.0. The molecule has 1 saturated heterocycles. The minimum absolute atomic E-state index is 0.101. The molecule has 6 nitrogen and oxygen atoms in total. The van der Waals surface area contributed by atoms with Gasteiger partial charge in [0.1, 0.15) is 30.5 Å². The van der Waals surface area contributed by atoms with Crippen molar-refractivity contribution >= 4 is 23.2 Å². The predicted molar refractivity (Wildman–Crippen MR) is 142 cm³/mol. The van der Waals surface area contributed by atoms with Gasteiger partial charge < -0.3 is 19.4 Å². The molecule has 2 aliphatic heterocycles. The molecule has 38 heavy (non-hydrogen) atoms. The first kappa shape index (κ1) is 26.3. The Morgan fingerprint density at radius 1 is 1.00 bits per heavy atom. The van der Waals surface area contributed by atoms with E-state index in [9.17, 15) is 18.4 Å². The van der Waals surface area contributed by atoms with Gasteiger partial charge in [0.25, 0.3) is 5.91 Å². The summed E-state index contributed by atoms with van der Waals surface area (Å²) in [6, 6.07) is 13.1. The molecule has 3 aromatic rings. The number of ether oxygens (including phenoxy) is 1. The molecule has 5 rings (SSSR count). The highest BCUT2D eigenvalue weighted by molar-refractivity contribution is 7.10. The SMILES string of the molecule is O=C(c1cccc(F)c1)N(CCN1CCCC1)CC(=O)N1CCc2sccc2[C@H]1COc1ccc(F)cc1. The van der Waals surface area contributed by atoms with Crippen molar-refractivity contribution in [1.82, 2.24) is 14.7 Å². The molecular weight excluding hydrogens is 508 g/mol. The van der Waals surface area contributed by atoms with Crippen LogP contribution in [-0.4, -0.2) is 72.4 Å². The van der Waals surface area contributed by atoms with Gasteiger partial charge in [-0.1, -0.05) is 6.07 Å². The van der Waals surface area contributed by atoms with Crippen LogP contribution in [0.5, 0.6) is 5.75 Å². The van der Waals surface area contributed by atoms with Crippen molar-refractivity contribution in [2.75, 3.05) is 45.9 Å². The lowest BCUT2D eigenvalue weighted by Gasteiger charge is -2.37. The van der Waals surface area contributed by atoms with Gasteiger partial charge in [0.15, 0.2) is 0 Å². The van der Waals surface area contributed by atoms with Crippen molar-refractivity contribution in [3.05, 3.63) is 87.6 Å². The standard InChI is InChI=1S/C29H31F2N3O3S/c30-22-6-8-24(9-7-22)37-20-26-25-11-17-38-27(25)10-14-34(26)28(35)19-33(16-15-32-12-1-2-13-32)29(36)21-4-3-5-23(31)18-21/h3-9,11,17-18,26H,1-2,10,12-16,19-20H2/t26-/m1/s1. The van der Waals surface area contributed by atoms with Crippen molar-refractivity contribution in [3.8, 4) is 5.75 Å². The van der Waals surface area contributed by atoms with E-state index in [-0.39, 0.29) is 42.4 Å². The normalized spacial score (nSPS) is 17.3. The first-order valence-corrected chi connectivity index (χ1v) is 13.9. The highest BCUT2D eigenvalue weighted by Gasteiger charge is 2.34. The van der Waals surface area contributed by atoms with Gasteiger partial charge >= 0.3 is 0 Å². The Morgan fingerprint density at radius 2 is 1.79 bits per heavy atom. The summed E-state index contributed by atoms with van der Waals surface area (Å²) in [5.74, 6) is -0.843. The Bertz CT molecular complexity index is 1260. The largest absolute Gasteiger partial charge is 0.491 e. The first-order chi connectivity index (χ1) is 18.5. The van der Waals surface area contributed by atoms with Crippen molar-refractivity contribution in [1.29, 1.82) is 0 Å². The summed E-state index contributed by atoms with van der Waals surface area (Å²) >= 11 is 1.66. The Morgan fingerprint density at radius 3 is 2.55 bits per heavy atom. The van der Waals surface area contributed by atoms with E-state index in [1.54, 1.807) is 34.4 Å². The number of hydrogen-bond donors (Lipinski definition) is 0. The van der Waals surface area contributed by atoms with Gasteiger partial charge in [0.2, 0.25) is 5.91 Å². The predicted octanol–water partition coefficient (Wildman–Crippen LogP) is 4.77. The number of amides is 2. The minimum Gasteiger partial charge on any atom is -0.491 e. The number of carbonyl (C=O) groups excluding carboxylic acids is 2. The summed E-state index contributed by atoms with van der Waals surface area (Å²) in [6.07, 6.45) is 2.99. The summed E-state index contributed by atoms with van der Waals surface area (Å²) in [6.45, 7) is 3.63. The van der Waals surface area contributed by atoms with Crippen LogP contribution in [0.2, 0.25) is 0 Å². The van der Waals surface area contributed by atoms with Crippen LogP contribution < -0.4 is 4.74 Å². The van der Waals surface area contributed by atoms with Crippen LogP contribution in [-0.2, 0) is 11.2 Å². The smallest absolute Gasteiger partial charge is 0.254 e. The highest BCUT2D eigenvalue weighted by atomic mass is 32.1. The molecule has 0 radical (unpaired) electrons. The maximum atomic E-state index is 13.9. The zero-order valence-electron chi connectivity index (χ0n) is 21.2. The zero-order valence-corrected chi connectivity index (χ0v) is 22.0. The number of halogens is 2. The van der Waals surface area contributed by atoms with Crippen LogP contribution in [0.1, 0.15) is 39.7 Å². The number of fused-ring (bicyclic) bond motifs is 1. The fourth-order valence-electron chi connectivity index (χ4n) is 5.16. The van der Waals surface area contributed by atoms with Crippen molar-refractivity contribution in [2.45, 2.75) is 25.3 Å². The maximum absolute atomic E-state index is 13.9. The number of hydrogen-bond acceptors (Lipinski definition) is 5. The second-order valence-corrected chi connectivity index (χ2v) is 10.7. The van der Waals surface area contributed by atoms with Gasteiger partial charge in [0.05, 0.1) is 6.04 Å². The van der Waals surface area contributed by atoms with E-state index in [1.165, 1.54) is 40.1 Å². The molecule has 0 spiro atoms. The molecule has 1 aromatic heterocycles. The van der Waals surface area contributed by atoms with Gasteiger partial charge in [-0.3, -0.25) is 9.59 Å². The summed E-state index contributed by atoms with van der Waals surface area (Å²) in [7, 11) is 0. The fourth-order valence-corrected chi connectivity index (χ4v) is 6.09. The van der Waals surface area contributed by atoms with Crippen LogP contribution in [0.4, 0.5) is 8.78 Å². The highest BCUT2D eigenvalue weighted by Crippen LogP contribution is 2.34. The molecule has 3 heterocycles. The number of thiophene rings is 1. The Labute approximate surface area is 225 Å². The van der Waals surface area contributed by atoms with Gasteiger partial charge in [-0.05, 0) is 91.8 Å². The Kier molecular flexibility index (Phi) is 8.34. The number of likely N-dealkylation sites (tertiary alicyclic amines) is 1. The average molecular weight is 540 g/mol.